The lowest BCUT2D eigenvalue weighted by Crippen LogP contribution is -2.25. The summed E-state index contributed by atoms with van der Waals surface area (Å²) in [5.41, 5.74) is 1.13. The first-order valence-electron chi connectivity index (χ1n) is 5.46. The number of nitrogens with zero attached hydrogens (tertiary/aromatic N) is 2. The van der Waals surface area contributed by atoms with Gasteiger partial charge in [-0.25, -0.2) is 0 Å². The second-order valence-electron chi connectivity index (χ2n) is 3.47. The highest BCUT2D eigenvalue weighted by Gasteiger charge is 2.03. The van der Waals surface area contributed by atoms with E-state index < -0.39 is 0 Å². The maximum Gasteiger partial charge on any atom is 0.114 e. The predicted molar refractivity (Wildman–Crippen MR) is 60.5 cm³/mol. The summed E-state index contributed by atoms with van der Waals surface area (Å²) in [6, 6.07) is 4.05. The largest absolute Gasteiger partial charge is 0.370 e. The van der Waals surface area contributed by atoms with Gasteiger partial charge < -0.3 is 4.90 Å². The number of unbranched alkanes of at least 4 members (excludes halogenated alkanes) is 1. The van der Waals surface area contributed by atoms with E-state index >= 15 is 0 Å². The summed E-state index contributed by atoms with van der Waals surface area (Å²) < 4.78 is 0. The van der Waals surface area contributed by atoms with E-state index in [1.54, 1.807) is 6.20 Å². The number of aromatic nitrogens is 1. The van der Waals surface area contributed by atoms with Crippen LogP contribution in [0.25, 0.3) is 0 Å². The first-order chi connectivity index (χ1) is 6.88. The monoisotopic (exact) mass is 191 g/mol. The third-order valence-electron chi connectivity index (χ3n) is 2.21. The van der Waals surface area contributed by atoms with Crippen LogP contribution in [0.3, 0.4) is 0 Å². The van der Waals surface area contributed by atoms with Gasteiger partial charge in [0.15, 0.2) is 0 Å². The summed E-state index contributed by atoms with van der Waals surface area (Å²) in [7, 11) is 0. The van der Waals surface area contributed by atoms with Crippen molar-refractivity contribution in [3.63, 3.8) is 0 Å². The molecule has 1 aromatic heterocycles. The summed E-state index contributed by atoms with van der Waals surface area (Å²) in [5, 5.41) is 0. The van der Waals surface area contributed by atoms with Crippen LogP contribution in [-0.4, -0.2) is 18.1 Å². The van der Waals surface area contributed by atoms with Crippen molar-refractivity contribution in [1.29, 1.82) is 0 Å². The second kappa shape index (κ2) is 6.41. The number of hydrogen-bond donors (Lipinski definition) is 0. The zero-order chi connectivity index (χ0) is 10.2. The van der Waals surface area contributed by atoms with Crippen LogP contribution >= 0.6 is 0 Å². The van der Waals surface area contributed by atoms with E-state index in [-0.39, 0.29) is 0 Å². The fourth-order valence-electron chi connectivity index (χ4n) is 1.47. The van der Waals surface area contributed by atoms with Crippen molar-refractivity contribution in [1.82, 2.24) is 4.98 Å². The summed E-state index contributed by atoms with van der Waals surface area (Å²) in [4.78, 5) is 6.39. The van der Waals surface area contributed by atoms with Gasteiger partial charge in [-0.15, -0.1) is 0 Å². The third kappa shape index (κ3) is 3.36. The summed E-state index contributed by atoms with van der Waals surface area (Å²) >= 11 is 0. The van der Waals surface area contributed by atoms with Gasteiger partial charge in [0.05, 0.1) is 5.69 Å². The summed E-state index contributed by atoms with van der Waals surface area (Å²) in [6.45, 7) is 6.64. The molecule has 2 heteroatoms. The smallest absolute Gasteiger partial charge is 0.114 e. The molecule has 0 bridgehead atoms. The number of rotatable bonds is 6. The molecule has 1 aromatic rings. The Balaban J connectivity index is 2.58. The quantitative estimate of drug-likeness (QED) is 0.687. The molecule has 14 heavy (non-hydrogen) atoms. The van der Waals surface area contributed by atoms with E-state index in [1.807, 2.05) is 6.07 Å². The minimum Gasteiger partial charge on any atom is -0.370 e. The van der Waals surface area contributed by atoms with Crippen molar-refractivity contribution in [2.75, 3.05) is 18.0 Å². The van der Waals surface area contributed by atoms with Crippen LogP contribution in [0.15, 0.2) is 18.3 Å². The molecule has 0 saturated carbocycles. The molecule has 2 nitrogen and oxygen atoms in total. The minimum absolute atomic E-state index is 1.10. The molecule has 0 aliphatic carbocycles. The molecule has 77 valence electrons. The highest BCUT2D eigenvalue weighted by Crippen LogP contribution is 2.12. The third-order valence-corrected chi connectivity index (χ3v) is 2.21. The van der Waals surface area contributed by atoms with Crippen molar-refractivity contribution in [2.45, 2.75) is 33.1 Å². The van der Waals surface area contributed by atoms with Crippen LogP contribution in [0.2, 0.25) is 0 Å². The highest BCUT2D eigenvalue weighted by atomic mass is 15.1. The molecule has 0 saturated heterocycles. The topological polar surface area (TPSA) is 16.1 Å². The Morgan fingerprint density at radius 3 is 2.71 bits per heavy atom. The van der Waals surface area contributed by atoms with Gasteiger partial charge >= 0.3 is 0 Å². The molecule has 1 rings (SSSR count). The Hall–Kier alpha value is -1.05. The van der Waals surface area contributed by atoms with E-state index in [1.165, 1.54) is 19.3 Å². The average molecular weight is 191 g/mol. The normalized spacial score (nSPS) is 10.1. The van der Waals surface area contributed by atoms with E-state index in [0.717, 1.165) is 18.8 Å². The van der Waals surface area contributed by atoms with Gasteiger partial charge in [-0.2, -0.15) is 0 Å². The number of pyridine rings is 1. The predicted octanol–water partition coefficient (Wildman–Crippen LogP) is 2.90. The maximum absolute atomic E-state index is 4.03. The minimum atomic E-state index is 1.10. The van der Waals surface area contributed by atoms with Crippen LogP contribution in [0.1, 0.15) is 33.1 Å². The maximum atomic E-state index is 4.03. The van der Waals surface area contributed by atoms with E-state index in [9.17, 15) is 0 Å². The van der Waals surface area contributed by atoms with E-state index in [2.05, 4.69) is 36.0 Å². The van der Waals surface area contributed by atoms with Gasteiger partial charge in [-0.1, -0.05) is 20.3 Å². The molecule has 0 atom stereocenters. The average Bonchev–Trinajstić information content (AvgIpc) is 2.25. The molecule has 0 amide bonds. The zero-order valence-electron chi connectivity index (χ0n) is 9.16. The molecular weight excluding hydrogens is 172 g/mol. The standard InChI is InChI=1S/C12H19N2/c1-3-5-10-14(9-4-2)12-7-6-8-13-11-12/h6-8H,3-5,9-10H2,1-2H3. The van der Waals surface area contributed by atoms with E-state index in [0.29, 0.717) is 0 Å². The first-order valence-corrected chi connectivity index (χ1v) is 5.46. The van der Waals surface area contributed by atoms with Crippen LogP contribution in [0.4, 0.5) is 5.69 Å². The van der Waals surface area contributed by atoms with Crippen LogP contribution in [-0.2, 0) is 0 Å². The molecule has 1 radical (unpaired) electrons. The zero-order valence-corrected chi connectivity index (χ0v) is 9.16. The molecule has 0 aromatic carbocycles. The van der Waals surface area contributed by atoms with Gasteiger partial charge in [-0.3, -0.25) is 4.98 Å². The fraction of sp³-hybridized carbons (Fsp3) is 0.583. The van der Waals surface area contributed by atoms with Crippen molar-refractivity contribution in [3.8, 4) is 0 Å². The van der Waals surface area contributed by atoms with Crippen molar-refractivity contribution < 1.29 is 0 Å². The SMILES string of the molecule is CCCCN(CCC)c1[c]nccc1. The Morgan fingerprint density at radius 1 is 1.29 bits per heavy atom. The molecule has 0 unspecified atom stereocenters. The van der Waals surface area contributed by atoms with Crippen LogP contribution in [0, 0.1) is 6.20 Å². The Labute approximate surface area is 87.0 Å². The van der Waals surface area contributed by atoms with Gasteiger partial charge in [0, 0.05) is 19.3 Å². The van der Waals surface area contributed by atoms with Crippen molar-refractivity contribution in [2.24, 2.45) is 0 Å². The lowest BCUT2D eigenvalue weighted by atomic mass is 10.2. The molecule has 0 N–H and O–H groups in total. The van der Waals surface area contributed by atoms with Crippen LogP contribution in [0.5, 0.6) is 0 Å². The Kier molecular flexibility index (Phi) is 5.05. The van der Waals surface area contributed by atoms with Crippen molar-refractivity contribution >= 4 is 5.69 Å². The lowest BCUT2D eigenvalue weighted by Gasteiger charge is -2.23. The molecule has 1 heterocycles. The highest BCUT2D eigenvalue weighted by molar-refractivity contribution is 5.42. The van der Waals surface area contributed by atoms with Gasteiger partial charge in [0.2, 0.25) is 0 Å². The fourth-order valence-corrected chi connectivity index (χ4v) is 1.47. The Morgan fingerprint density at radius 2 is 2.14 bits per heavy atom. The second-order valence-corrected chi connectivity index (χ2v) is 3.47. The summed E-state index contributed by atoms with van der Waals surface area (Å²) in [6.07, 6.45) is 8.46. The lowest BCUT2D eigenvalue weighted by molar-refractivity contribution is 0.702. The van der Waals surface area contributed by atoms with Crippen LogP contribution < -0.4 is 4.90 Å². The molecule has 0 aliphatic heterocycles. The molecule has 0 aliphatic rings. The van der Waals surface area contributed by atoms with Crippen molar-refractivity contribution in [3.05, 3.63) is 24.5 Å². The number of hydrogen-bond acceptors (Lipinski definition) is 2. The molecular formula is C12H19N2. The van der Waals surface area contributed by atoms with Gasteiger partial charge in [0.25, 0.3) is 0 Å². The Bertz CT molecular complexity index is 233. The molecule has 0 fully saturated rings. The number of anilines is 1. The first kappa shape index (κ1) is 11.0. The molecule has 0 spiro atoms. The van der Waals surface area contributed by atoms with Gasteiger partial charge in [0.1, 0.15) is 6.20 Å². The van der Waals surface area contributed by atoms with Gasteiger partial charge in [-0.05, 0) is 25.0 Å². The summed E-state index contributed by atoms with van der Waals surface area (Å²) in [5.74, 6) is 0. The van der Waals surface area contributed by atoms with E-state index in [4.69, 9.17) is 0 Å².